The van der Waals surface area contributed by atoms with Gasteiger partial charge in [-0.25, -0.2) is 4.98 Å². The van der Waals surface area contributed by atoms with Crippen LogP contribution in [0, 0.1) is 6.92 Å². The third kappa shape index (κ3) is 2.53. The van der Waals surface area contributed by atoms with Crippen LogP contribution in [0.15, 0.2) is 48.8 Å². The van der Waals surface area contributed by atoms with Crippen molar-refractivity contribution < 1.29 is 0 Å². The van der Waals surface area contributed by atoms with Crippen LogP contribution in [0.1, 0.15) is 5.56 Å². The summed E-state index contributed by atoms with van der Waals surface area (Å²) < 4.78 is 0. The van der Waals surface area contributed by atoms with Gasteiger partial charge < -0.3 is 11.5 Å². The number of benzene rings is 1. The highest BCUT2D eigenvalue weighted by Crippen LogP contribution is 2.34. The Kier molecular flexibility index (Phi) is 3.23. The monoisotopic (exact) mass is 277 g/mol. The standard InChI is InChI=1S/C16H15N5/c1-10-4-6-11(7-5-10)14-13(12-3-2-8-19-9-12)15(17)21-16(18)20-14/h2-9H,1H3,(H4,17,18,20,21). The van der Waals surface area contributed by atoms with Gasteiger partial charge in [-0.3, -0.25) is 4.98 Å². The zero-order valence-electron chi connectivity index (χ0n) is 11.6. The van der Waals surface area contributed by atoms with Crippen LogP contribution < -0.4 is 11.5 Å². The molecule has 0 amide bonds. The number of aromatic nitrogens is 3. The van der Waals surface area contributed by atoms with Gasteiger partial charge in [-0.05, 0) is 13.0 Å². The first-order chi connectivity index (χ1) is 10.1. The molecule has 0 aliphatic carbocycles. The van der Waals surface area contributed by atoms with E-state index in [4.69, 9.17) is 11.5 Å². The van der Waals surface area contributed by atoms with Gasteiger partial charge in [0.2, 0.25) is 5.95 Å². The molecule has 104 valence electrons. The molecule has 21 heavy (non-hydrogen) atoms. The van der Waals surface area contributed by atoms with Crippen LogP contribution >= 0.6 is 0 Å². The summed E-state index contributed by atoms with van der Waals surface area (Å²) in [5.74, 6) is 0.516. The summed E-state index contributed by atoms with van der Waals surface area (Å²) >= 11 is 0. The number of pyridine rings is 1. The minimum absolute atomic E-state index is 0.163. The molecular formula is C16H15N5. The van der Waals surface area contributed by atoms with Gasteiger partial charge >= 0.3 is 0 Å². The number of nitrogens with two attached hydrogens (primary N) is 2. The quantitative estimate of drug-likeness (QED) is 0.751. The molecular weight excluding hydrogens is 262 g/mol. The highest BCUT2D eigenvalue weighted by atomic mass is 15.0. The first kappa shape index (κ1) is 13.1. The fourth-order valence-corrected chi connectivity index (χ4v) is 2.21. The predicted molar refractivity (Wildman–Crippen MR) is 84.3 cm³/mol. The second kappa shape index (κ2) is 5.20. The maximum absolute atomic E-state index is 6.06. The van der Waals surface area contributed by atoms with E-state index < -0.39 is 0 Å². The lowest BCUT2D eigenvalue weighted by Crippen LogP contribution is -2.04. The molecule has 3 aromatic rings. The lowest BCUT2D eigenvalue weighted by atomic mass is 10.0. The van der Waals surface area contributed by atoms with Gasteiger partial charge in [0.1, 0.15) is 5.82 Å². The molecule has 0 unspecified atom stereocenters. The van der Waals surface area contributed by atoms with Crippen molar-refractivity contribution in [2.75, 3.05) is 11.5 Å². The molecule has 0 aliphatic heterocycles. The van der Waals surface area contributed by atoms with Crippen LogP contribution in [0.3, 0.4) is 0 Å². The fraction of sp³-hybridized carbons (Fsp3) is 0.0625. The van der Waals surface area contributed by atoms with Crippen molar-refractivity contribution in [3.05, 3.63) is 54.4 Å². The van der Waals surface area contributed by atoms with Gasteiger partial charge in [-0.2, -0.15) is 4.98 Å². The van der Waals surface area contributed by atoms with E-state index in [1.54, 1.807) is 12.4 Å². The molecule has 0 aliphatic rings. The highest BCUT2D eigenvalue weighted by Gasteiger charge is 2.15. The van der Waals surface area contributed by atoms with Gasteiger partial charge in [-0.15, -0.1) is 0 Å². The number of nitrogens with zero attached hydrogens (tertiary/aromatic N) is 3. The van der Waals surface area contributed by atoms with Crippen LogP contribution in [0.4, 0.5) is 11.8 Å². The Morgan fingerprint density at radius 2 is 1.67 bits per heavy atom. The maximum Gasteiger partial charge on any atom is 0.222 e. The minimum Gasteiger partial charge on any atom is -0.383 e. The summed E-state index contributed by atoms with van der Waals surface area (Å²) in [6.45, 7) is 2.04. The normalized spacial score (nSPS) is 10.5. The van der Waals surface area contributed by atoms with E-state index in [1.165, 1.54) is 5.56 Å². The number of nitrogen functional groups attached to an aromatic ring is 2. The smallest absolute Gasteiger partial charge is 0.222 e. The van der Waals surface area contributed by atoms with Crippen molar-refractivity contribution in [3.8, 4) is 22.4 Å². The van der Waals surface area contributed by atoms with Crippen molar-refractivity contribution in [3.63, 3.8) is 0 Å². The molecule has 0 saturated heterocycles. The number of hydrogen-bond donors (Lipinski definition) is 2. The van der Waals surface area contributed by atoms with Crippen LogP contribution in [0.5, 0.6) is 0 Å². The zero-order chi connectivity index (χ0) is 14.8. The molecule has 0 bridgehead atoms. The Hall–Kier alpha value is -2.95. The summed E-state index contributed by atoms with van der Waals surface area (Å²) in [6, 6.07) is 11.8. The molecule has 2 heterocycles. The van der Waals surface area contributed by atoms with E-state index in [9.17, 15) is 0 Å². The Balaban J connectivity index is 2.26. The molecule has 0 saturated carbocycles. The van der Waals surface area contributed by atoms with Crippen molar-refractivity contribution in [2.45, 2.75) is 6.92 Å². The fourth-order valence-electron chi connectivity index (χ4n) is 2.21. The summed E-state index contributed by atoms with van der Waals surface area (Å²) in [4.78, 5) is 12.6. The van der Waals surface area contributed by atoms with E-state index in [-0.39, 0.29) is 5.95 Å². The molecule has 2 aromatic heterocycles. The van der Waals surface area contributed by atoms with Crippen LogP contribution in [0.2, 0.25) is 0 Å². The summed E-state index contributed by atoms with van der Waals surface area (Å²) in [5.41, 5.74) is 16.3. The molecule has 0 atom stereocenters. The Morgan fingerprint density at radius 1 is 0.905 bits per heavy atom. The minimum atomic E-state index is 0.163. The molecule has 5 heteroatoms. The average molecular weight is 277 g/mol. The van der Waals surface area contributed by atoms with Gasteiger partial charge in [-0.1, -0.05) is 35.9 Å². The van der Waals surface area contributed by atoms with Crippen molar-refractivity contribution >= 4 is 11.8 Å². The molecule has 3 rings (SSSR count). The van der Waals surface area contributed by atoms with Gasteiger partial charge in [0, 0.05) is 23.5 Å². The van der Waals surface area contributed by atoms with Crippen LogP contribution in [-0.2, 0) is 0 Å². The average Bonchev–Trinajstić information content (AvgIpc) is 2.48. The lowest BCUT2D eigenvalue weighted by Gasteiger charge is -2.12. The largest absolute Gasteiger partial charge is 0.383 e. The summed E-state index contributed by atoms with van der Waals surface area (Å²) in [7, 11) is 0. The first-order valence-corrected chi connectivity index (χ1v) is 6.55. The zero-order valence-corrected chi connectivity index (χ0v) is 11.6. The van der Waals surface area contributed by atoms with Gasteiger partial charge in [0.05, 0.1) is 11.3 Å². The molecule has 0 spiro atoms. The number of hydrogen-bond acceptors (Lipinski definition) is 5. The lowest BCUT2D eigenvalue weighted by molar-refractivity contribution is 1.19. The topological polar surface area (TPSA) is 90.7 Å². The predicted octanol–water partition coefficient (Wildman–Crippen LogP) is 2.68. The summed E-state index contributed by atoms with van der Waals surface area (Å²) in [6.07, 6.45) is 3.45. The van der Waals surface area contributed by atoms with E-state index in [0.29, 0.717) is 11.5 Å². The van der Waals surface area contributed by atoms with Gasteiger partial charge in [0.15, 0.2) is 0 Å². The number of anilines is 2. The van der Waals surface area contributed by atoms with E-state index >= 15 is 0 Å². The molecule has 0 radical (unpaired) electrons. The molecule has 1 aromatic carbocycles. The second-order valence-corrected chi connectivity index (χ2v) is 4.80. The second-order valence-electron chi connectivity index (χ2n) is 4.80. The third-order valence-corrected chi connectivity index (χ3v) is 3.23. The SMILES string of the molecule is Cc1ccc(-c2nc(N)nc(N)c2-c2cccnc2)cc1. The van der Waals surface area contributed by atoms with Crippen LogP contribution in [-0.4, -0.2) is 15.0 Å². The molecule has 5 nitrogen and oxygen atoms in total. The maximum atomic E-state index is 6.06. The number of rotatable bonds is 2. The van der Waals surface area contributed by atoms with Crippen molar-refractivity contribution in [1.82, 2.24) is 15.0 Å². The van der Waals surface area contributed by atoms with E-state index in [0.717, 1.165) is 16.7 Å². The Labute approximate surface area is 122 Å². The van der Waals surface area contributed by atoms with Crippen molar-refractivity contribution in [2.24, 2.45) is 0 Å². The molecule has 4 N–H and O–H groups in total. The van der Waals surface area contributed by atoms with Crippen LogP contribution in [0.25, 0.3) is 22.4 Å². The Morgan fingerprint density at radius 3 is 2.33 bits per heavy atom. The van der Waals surface area contributed by atoms with Gasteiger partial charge in [0.25, 0.3) is 0 Å². The number of aryl methyl sites for hydroxylation is 1. The Bertz CT molecular complexity index is 767. The first-order valence-electron chi connectivity index (χ1n) is 6.55. The highest BCUT2D eigenvalue weighted by molar-refractivity contribution is 5.87. The van der Waals surface area contributed by atoms with E-state index in [1.807, 2.05) is 43.3 Å². The molecule has 0 fully saturated rings. The van der Waals surface area contributed by atoms with E-state index in [2.05, 4.69) is 15.0 Å². The summed E-state index contributed by atoms with van der Waals surface area (Å²) in [5, 5.41) is 0. The van der Waals surface area contributed by atoms with Crippen molar-refractivity contribution in [1.29, 1.82) is 0 Å². The third-order valence-electron chi connectivity index (χ3n) is 3.23.